The Bertz CT molecular complexity index is 591. The number of nitrogens with one attached hydrogen (secondary N) is 1. The van der Waals surface area contributed by atoms with Gasteiger partial charge in [0, 0.05) is 16.6 Å². The molecule has 0 saturated carbocycles. The fraction of sp³-hybridized carbons (Fsp3) is 0.0714. The summed E-state index contributed by atoms with van der Waals surface area (Å²) in [5.74, 6) is 0.394. The number of thiophene rings is 1. The number of rotatable bonds is 4. The van der Waals surface area contributed by atoms with Crippen molar-refractivity contribution in [3.8, 4) is 5.75 Å². The summed E-state index contributed by atoms with van der Waals surface area (Å²) >= 11 is 1.58. The minimum absolute atomic E-state index is 0.196. The van der Waals surface area contributed by atoms with E-state index in [2.05, 4.69) is 5.32 Å². The molecule has 0 aliphatic carbocycles. The predicted molar refractivity (Wildman–Crippen MR) is 79.4 cm³/mol. The molecule has 0 bridgehead atoms. The second kappa shape index (κ2) is 6.06. The number of ether oxygens (including phenoxy) is 1. The number of nitrogens with two attached hydrogens (primary N) is 1. The summed E-state index contributed by atoms with van der Waals surface area (Å²) in [6.07, 6.45) is 3.26. The topological polar surface area (TPSA) is 64.3 Å². The van der Waals surface area contributed by atoms with E-state index in [1.54, 1.807) is 42.7 Å². The lowest BCUT2D eigenvalue weighted by Crippen LogP contribution is -2.08. The van der Waals surface area contributed by atoms with Gasteiger partial charge in [-0.25, -0.2) is 0 Å². The lowest BCUT2D eigenvalue weighted by Gasteiger charge is -2.07. The van der Waals surface area contributed by atoms with Crippen LogP contribution in [0.3, 0.4) is 0 Å². The average molecular weight is 274 g/mol. The van der Waals surface area contributed by atoms with Crippen molar-refractivity contribution in [2.45, 2.75) is 0 Å². The molecule has 1 aromatic carbocycles. The monoisotopic (exact) mass is 274 g/mol. The van der Waals surface area contributed by atoms with E-state index in [1.165, 1.54) is 6.08 Å². The second-order valence-corrected chi connectivity index (χ2v) is 4.77. The van der Waals surface area contributed by atoms with Gasteiger partial charge >= 0.3 is 0 Å². The zero-order valence-electron chi connectivity index (χ0n) is 10.4. The van der Waals surface area contributed by atoms with Crippen LogP contribution in [-0.4, -0.2) is 13.0 Å². The predicted octanol–water partition coefficient (Wildman–Crippen LogP) is 2.99. The number of hydrogen-bond acceptors (Lipinski definition) is 4. The third-order valence-corrected chi connectivity index (χ3v) is 3.28. The van der Waals surface area contributed by atoms with Gasteiger partial charge in [-0.1, -0.05) is 6.07 Å². The van der Waals surface area contributed by atoms with Crippen molar-refractivity contribution < 1.29 is 9.53 Å². The van der Waals surface area contributed by atoms with E-state index in [9.17, 15) is 4.79 Å². The van der Waals surface area contributed by atoms with E-state index in [4.69, 9.17) is 10.5 Å². The Labute approximate surface area is 115 Å². The van der Waals surface area contributed by atoms with Crippen LogP contribution in [-0.2, 0) is 4.79 Å². The van der Waals surface area contributed by atoms with Crippen LogP contribution in [0.1, 0.15) is 4.88 Å². The van der Waals surface area contributed by atoms with Crippen molar-refractivity contribution >= 4 is 34.7 Å². The van der Waals surface area contributed by atoms with Crippen molar-refractivity contribution in [1.82, 2.24) is 0 Å². The van der Waals surface area contributed by atoms with Crippen molar-refractivity contribution in [1.29, 1.82) is 0 Å². The van der Waals surface area contributed by atoms with Crippen molar-refractivity contribution in [2.24, 2.45) is 0 Å². The van der Waals surface area contributed by atoms with Gasteiger partial charge in [-0.15, -0.1) is 11.3 Å². The van der Waals surface area contributed by atoms with Crippen LogP contribution in [0.4, 0.5) is 11.4 Å². The van der Waals surface area contributed by atoms with Crippen LogP contribution in [0.2, 0.25) is 0 Å². The molecule has 2 aromatic rings. The van der Waals surface area contributed by atoms with Crippen LogP contribution in [0, 0.1) is 0 Å². The zero-order valence-corrected chi connectivity index (χ0v) is 11.2. The van der Waals surface area contributed by atoms with Gasteiger partial charge in [-0.05, 0) is 35.7 Å². The summed E-state index contributed by atoms with van der Waals surface area (Å²) in [5, 5.41) is 4.70. The molecule has 3 N–H and O–H groups in total. The Morgan fingerprint density at radius 2 is 2.26 bits per heavy atom. The lowest BCUT2D eigenvalue weighted by molar-refractivity contribution is -0.111. The summed E-state index contributed by atoms with van der Waals surface area (Å²) in [6.45, 7) is 0. The summed E-state index contributed by atoms with van der Waals surface area (Å²) < 4.78 is 5.05. The summed E-state index contributed by atoms with van der Waals surface area (Å²) in [5.41, 5.74) is 6.89. The van der Waals surface area contributed by atoms with Crippen LogP contribution in [0.25, 0.3) is 6.08 Å². The van der Waals surface area contributed by atoms with Crippen molar-refractivity contribution in [3.63, 3.8) is 0 Å². The summed E-state index contributed by atoms with van der Waals surface area (Å²) in [4.78, 5) is 12.7. The van der Waals surface area contributed by atoms with Gasteiger partial charge in [-0.2, -0.15) is 0 Å². The van der Waals surface area contributed by atoms with Gasteiger partial charge in [0.1, 0.15) is 5.75 Å². The standard InChI is InChI=1S/C14H14N2O2S/c1-18-13-6-4-10(9-12(13)15)16-14(17)7-5-11-3-2-8-19-11/h2-9H,15H2,1H3,(H,16,17)/b7-5+. The number of anilines is 2. The highest BCUT2D eigenvalue weighted by Crippen LogP contribution is 2.24. The number of benzene rings is 1. The molecule has 0 fully saturated rings. The molecule has 19 heavy (non-hydrogen) atoms. The van der Waals surface area contributed by atoms with Crippen LogP contribution < -0.4 is 15.8 Å². The highest BCUT2D eigenvalue weighted by atomic mass is 32.1. The molecule has 0 unspecified atom stereocenters. The Hall–Kier alpha value is -2.27. The van der Waals surface area contributed by atoms with E-state index < -0.39 is 0 Å². The Kier molecular flexibility index (Phi) is 4.20. The fourth-order valence-electron chi connectivity index (χ4n) is 1.54. The van der Waals surface area contributed by atoms with Crippen LogP contribution in [0.15, 0.2) is 41.8 Å². The Morgan fingerprint density at radius 1 is 1.42 bits per heavy atom. The van der Waals surface area contributed by atoms with E-state index in [1.807, 2.05) is 17.5 Å². The molecule has 2 rings (SSSR count). The number of carbonyl (C=O) groups is 1. The van der Waals surface area contributed by atoms with Crippen LogP contribution >= 0.6 is 11.3 Å². The maximum atomic E-state index is 11.7. The zero-order chi connectivity index (χ0) is 13.7. The van der Waals surface area contributed by atoms with Gasteiger partial charge in [0.2, 0.25) is 5.91 Å². The first-order valence-electron chi connectivity index (χ1n) is 5.65. The highest BCUT2D eigenvalue weighted by Gasteiger charge is 2.02. The number of amides is 1. The molecular formula is C14H14N2O2S. The second-order valence-electron chi connectivity index (χ2n) is 3.79. The first-order valence-corrected chi connectivity index (χ1v) is 6.53. The third kappa shape index (κ3) is 3.59. The Morgan fingerprint density at radius 3 is 2.89 bits per heavy atom. The minimum atomic E-state index is -0.196. The summed E-state index contributed by atoms with van der Waals surface area (Å²) in [7, 11) is 1.55. The molecular weight excluding hydrogens is 260 g/mol. The molecule has 4 nitrogen and oxygen atoms in total. The normalized spacial score (nSPS) is 10.6. The number of carbonyl (C=O) groups excluding carboxylic acids is 1. The van der Waals surface area contributed by atoms with E-state index in [-0.39, 0.29) is 5.91 Å². The van der Waals surface area contributed by atoms with Gasteiger partial charge in [-0.3, -0.25) is 4.79 Å². The summed E-state index contributed by atoms with van der Waals surface area (Å²) in [6, 6.07) is 9.00. The Balaban J connectivity index is 2.01. The molecule has 98 valence electrons. The molecule has 1 amide bonds. The first kappa shape index (κ1) is 13.2. The molecule has 1 aromatic heterocycles. The molecule has 0 radical (unpaired) electrons. The smallest absolute Gasteiger partial charge is 0.248 e. The minimum Gasteiger partial charge on any atom is -0.495 e. The molecule has 1 heterocycles. The van der Waals surface area contributed by atoms with Gasteiger partial charge in [0.15, 0.2) is 0 Å². The SMILES string of the molecule is COc1ccc(NC(=O)/C=C/c2cccs2)cc1N. The molecule has 0 spiro atoms. The molecule has 0 atom stereocenters. The number of methoxy groups -OCH3 is 1. The van der Waals surface area contributed by atoms with E-state index in [0.29, 0.717) is 17.1 Å². The highest BCUT2D eigenvalue weighted by molar-refractivity contribution is 7.10. The van der Waals surface area contributed by atoms with Crippen molar-refractivity contribution in [3.05, 3.63) is 46.7 Å². The maximum Gasteiger partial charge on any atom is 0.248 e. The van der Waals surface area contributed by atoms with Gasteiger partial charge in [0.05, 0.1) is 12.8 Å². The molecule has 0 aliphatic rings. The number of hydrogen-bond donors (Lipinski definition) is 2. The van der Waals surface area contributed by atoms with Gasteiger partial charge < -0.3 is 15.8 Å². The van der Waals surface area contributed by atoms with Crippen molar-refractivity contribution in [2.75, 3.05) is 18.2 Å². The van der Waals surface area contributed by atoms with Gasteiger partial charge in [0.25, 0.3) is 0 Å². The molecule has 5 heteroatoms. The maximum absolute atomic E-state index is 11.7. The fourth-order valence-corrected chi connectivity index (χ4v) is 2.16. The third-order valence-electron chi connectivity index (χ3n) is 2.44. The lowest BCUT2D eigenvalue weighted by atomic mass is 10.2. The number of nitrogen functional groups attached to an aromatic ring is 1. The molecule has 0 saturated heterocycles. The largest absolute Gasteiger partial charge is 0.495 e. The quantitative estimate of drug-likeness (QED) is 0.665. The van der Waals surface area contributed by atoms with E-state index >= 15 is 0 Å². The average Bonchev–Trinajstić information content (AvgIpc) is 2.90. The van der Waals surface area contributed by atoms with E-state index in [0.717, 1.165) is 4.88 Å². The first-order chi connectivity index (χ1) is 9.19. The van der Waals surface area contributed by atoms with Crippen LogP contribution in [0.5, 0.6) is 5.75 Å². The molecule has 0 aliphatic heterocycles.